The van der Waals surface area contributed by atoms with Crippen molar-refractivity contribution in [2.45, 2.75) is 6.54 Å². The Morgan fingerprint density at radius 3 is 2.59 bits per heavy atom. The summed E-state index contributed by atoms with van der Waals surface area (Å²) in [5.41, 5.74) is 1.21. The molecule has 1 aliphatic rings. The number of furan rings is 1. The molecule has 3 heterocycles. The van der Waals surface area contributed by atoms with Crippen LogP contribution in [0, 0.1) is 5.82 Å². The van der Waals surface area contributed by atoms with Crippen LogP contribution in [0.4, 0.5) is 15.9 Å². The minimum absolute atomic E-state index is 0.164. The molecule has 1 N–H and O–H groups in total. The first-order valence-electron chi connectivity index (χ1n) is 10.6. The summed E-state index contributed by atoms with van der Waals surface area (Å²) in [5.74, 6) is 1.18. The molecule has 7 heteroatoms. The Kier molecular flexibility index (Phi) is 5.46. The van der Waals surface area contributed by atoms with E-state index in [1.807, 2.05) is 42.5 Å². The number of nitrogens with one attached hydrogen (secondary N) is 1. The summed E-state index contributed by atoms with van der Waals surface area (Å²) >= 11 is 0. The van der Waals surface area contributed by atoms with Crippen LogP contribution in [-0.4, -0.2) is 37.1 Å². The molecule has 1 amide bonds. The maximum absolute atomic E-state index is 14.2. The molecule has 0 atom stereocenters. The van der Waals surface area contributed by atoms with Crippen LogP contribution in [0.2, 0.25) is 0 Å². The molecule has 4 aromatic rings. The smallest absolute Gasteiger partial charge is 0.251 e. The Bertz CT molecular complexity index is 1230. The van der Waals surface area contributed by atoms with Crippen molar-refractivity contribution in [3.63, 3.8) is 0 Å². The summed E-state index contributed by atoms with van der Waals surface area (Å²) in [6, 6.07) is 18.1. The van der Waals surface area contributed by atoms with Gasteiger partial charge in [0.15, 0.2) is 0 Å². The van der Waals surface area contributed by atoms with Crippen LogP contribution in [0.1, 0.15) is 16.1 Å². The molecule has 32 heavy (non-hydrogen) atoms. The largest absolute Gasteiger partial charge is 0.467 e. The maximum atomic E-state index is 14.2. The number of benzene rings is 2. The van der Waals surface area contributed by atoms with Gasteiger partial charge in [0, 0.05) is 43.3 Å². The summed E-state index contributed by atoms with van der Waals surface area (Å²) in [4.78, 5) is 21.6. The lowest BCUT2D eigenvalue weighted by molar-refractivity contribution is 0.0948. The quantitative estimate of drug-likeness (QED) is 0.514. The molecule has 0 saturated carbocycles. The third-order valence-electron chi connectivity index (χ3n) is 5.78. The fourth-order valence-electron chi connectivity index (χ4n) is 4.10. The van der Waals surface area contributed by atoms with E-state index in [9.17, 15) is 9.18 Å². The van der Waals surface area contributed by atoms with E-state index in [0.29, 0.717) is 36.6 Å². The van der Waals surface area contributed by atoms with Crippen LogP contribution >= 0.6 is 0 Å². The Hall–Kier alpha value is -3.87. The Balaban J connectivity index is 1.34. The van der Waals surface area contributed by atoms with Crippen molar-refractivity contribution >= 4 is 28.2 Å². The Labute approximate surface area is 185 Å². The number of rotatable bonds is 5. The first-order chi connectivity index (χ1) is 15.7. The van der Waals surface area contributed by atoms with E-state index in [1.165, 1.54) is 6.07 Å². The van der Waals surface area contributed by atoms with Gasteiger partial charge < -0.3 is 19.5 Å². The third-order valence-corrected chi connectivity index (χ3v) is 5.78. The molecule has 0 bridgehead atoms. The van der Waals surface area contributed by atoms with Gasteiger partial charge in [0.2, 0.25) is 0 Å². The number of anilines is 2. The second kappa shape index (κ2) is 8.70. The van der Waals surface area contributed by atoms with Crippen molar-refractivity contribution in [1.82, 2.24) is 10.3 Å². The van der Waals surface area contributed by atoms with Gasteiger partial charge in [0.1, 0.15) is 17.4 Å². The number of hydrogen-bond donors (Lipinski definition) is 1. The van der Waals surface area contributed by atoms with Gasteiger partial charge in [-0.3, -0.25) is 4.79 Å². The molecule has 1 fully saturated rings. The van der Waals surface area contributed by atoms with E-state index < -0.39 is 0 Å². The van der Waals surface area contributed by atoms with E-state index in [1.54, 1.807) is 24.6 Å². The highest BCUT2D eigenvalue weighted by Gasteiger charge is 2.22. The van der Waals surface area contributed by atoms with Crippen LogP contribution in [-0.2, 0) is 6.54 Å². The molecular weight excluding hydrogens is 407 g/mol. The Morgan fingerprint density at radius 2 is 1.81 bits per heavy atom. The average molecular weight is 430 g/mol. The first kappa shape index (κ1) is 20.1. The summed E-state index contributed by atoms with van der Waals surface area (Å²) in [6.45, 7) is 3.16. The molecule has 162 valence electrons. The lowest BCUT2D eigenvalue weighted by atomic mass is 10.1. The Morgan fingerprint density at radius 1 is 1.00 bits per heavy atom. The van der Waals surface area contributed by atoms with Gasteiger partial charge in [0.05, 0.1) is 18.5 Å². The molecule has 0 aliphatic carbocycles. The molecule has 6 nitrogen and oxygen atoms in total. The van der Waals surface area contributed by atoms with Crippen LogP contribution in [0.15, 0.2) is 77.5 Å². The van der Waals surface area contributed by atoms with E-state index in [-0.39, 0.29) is 11.7 Å². The van der Waals surface area contributed by atoms with Crippen LogP contribution in [0.25, 0.3) is 10.8 Å². The SMILES string of the molecule is O=C(NCc1ccco1)c1ccc2ccnc(N3CCN(c4ccccc4F)CC3)c2c1. The molecule has 0 radical (unpaired) electrons. The van der Waals surface area contributed by atoms with Gasteiger partial charge >= 0.3 is 0 Å². The fraction of sp³-hybridized carbons (Fsp3) is 0.200. The molecule has 0 unspecified atom stereocenters. The van der Waals surface area contributed by atoms with Crippen LogP contribution in [0.3, 0.4) is 0 Å². The molecule has 2 aromatic carbocycles. The topological polar surface area (TPSA) is 61.6 Å². The molecule has 1 aliphatic heterocycles. The zero-order chi connectivity index (χ0) is 21.9. The molecule has 0 spiro atoms. The summed E-state index contributed by atoms with van der Waals surface area (Å²) < 4.78 is 19.4. The van der Waals surface area contributed by atoms with Gasteiger partial charge in [-0.25, -0.2) is 9.37 Å². The predicted octanol–water partition coefficient (Wildman–Crippen LogP) is 4.22. The number of fused-ring (bicyclic) bond motifs is 1. The van der Waals surface area contributed by atoms with E-state index in [0.717, 1.165) is 29.7 Å². The number of pyridine rings is 1. The summed E-state index contributed by atoms with van der Waals surface area (Å²) in [6.07, 6.45) is 3.37. The number of carbonyl (C=O) groups excluding carboxylic acids is 1. The number of hydrogen-bond acceptors (Lipinski definition) is 5. The fourth-order valence-corrected chi connectivity index (χ4v) is 4.10. The molecular formula is C25H23FN4O2. The second-order valence-corrected chi connectivity index (χ2v) is 7.76. The molecule has 1 saturated heterocycles. The zero-order valence-electron chi connectivity index (χ0n) is 17.5. The number of nitrogens with zero attached hydrogens (tertiary/aromatic N) is 3. The minimum Gasteiger partial charge on any atom is -0.467 e. The number of halogens is 1. The second-order valence-electron chi connectivity index (χ2n) is 7.76. The zero-order valence-corrected chi connectivity index (χ0v) is 17.5. The minimum atomic E-state index is -0.200. The van der Waals surface area contributed by atoms with Crippen molar-refractivity contribution in [3.05, 3.63) is 90.3 Å². The van der Waals surface area contributed by atoms with Gasteiger partial charge in [-0.15, -0.1) is 0 Å². The van der Waals surface area contributed by atoms with Crippen molar-refractivity contribution in [2.75, 3.05) is 36.0 Å². The highest BCUT2D eigenvalue weighted by Crippen LogP contribution is 2.28. The lowest BCUT2D eigenvalue weighted by Gasteiger charge is -2.37. The number of amides is 1. The van der Waals surface area contributed by atoms with E-state index in [4.69, 9.17) is 4.42 Å². The van der Waals surface area contributed by atoms with Crippen molar-refractivity contribution < 1.29 is 13.6 Å². The number of carbonyl (C=O) groups is 1. The number of para-hydroxylation sites is 1. The van der Waals surface area contributed by atoms with Crippen LogP contribution < -0.4 is 15.1 Å². The predicted molar refractivity (Wildman–Crippen MR) is 122 cm³/mol. The van der Waals surface area contributed by atoms with Gasteiger partial charge in [-0.05, 0) is 47.9 Å². The van der Waals surface area contributed by atoms with Crippen LogP contribution in [0.5, 0.6) is 0 Å². The normalized spacial score (nSPS) is 14.0. The molecule has 2 aromatic heterocycles. The highest BCUT2D eigenvalue weighted by molar-refractivity contribution is 6.01. The van der Waals surface area contributed by atoms with E-state index >= 15 is 0 Å². The van der Waals surface area contributed by atoms with Gasteiger partial charge in [-0.2, -0.15) is 0 Å². The maximum Gasteiger partial charge on any atom is 0.251 e. The highest BCUT2D eigenvalue weighted by atomic mass is 19.1. The number of piperazine rings is 1. The first-order valence-corrected chi connectivity index (χ1v) is 10.6. The number of aromatic nitrogens is 1. The molecule has 5 rings (SSSR count). The van der Waals surface area contributed by atoms with Crippen molar-refractivity contribution in [3.8, 4) is 0 Å². The monoisotopic (exact) mass is 430 g/mol. The summed E-state index contributed by atoms with van der Waals surface area (Å²) in [5, 5.41) is 4.84. The lowest BCUT2D eigenvalue weighted by Crippen LogP contribution is -2.47. The third kappa shape index (κ3) is 4.01. The summed E-state index contributed by atoms with van der Waals surface area (Å²) in [7, 11) is 0. The van der Waals surface area contributed by atoms with Gasteiger partial charge in [-0.1, -0.05) is 18.2 Å². The van der Waals surface area contributed by atoms with Crippen molar-refractivity contribution in [1.29, 1.82) is 0 Å². The average Bonchev–Trinajstić information content (AvgIpc) is 3.36. The standard InChI is InChI=1S/C25H23FN4O2/c26-22-5-1-2-6-23(22)29-11-13-30(14-12-29)24-21-16-19(8-7-18(21)9-10-27-24)25(31)28-17-20-4-3-15-32-20/h1-10,15-16H,11-14,17H2,(H,28,31). The van der Waals surface area contributed by atoms with Gasteiger partial charge in [0.25, 0.3) is 5.91 Å². The van der Waals surface area contributed by atoms with E-state index in [2.05, 4.69) is 20.1 Å². The van der Waals surface area contributed by atoms with Crippen molar-refractivity contribution in [2.24, 2.45) is 0 Å².